The Morgan fingerprint density at radius 3 is 2.68 bits per heavy atom. The highest BCUT2D eigenvalue weighted by Crippen LogP contribution is 2.17. The second-order valence-electron chi connectivity index (χ2n) is 4.51. The van der Waals surface area contributed by atoms with Gasteiger partial charge in [0.15, 0.2) is 0 Å². The minimum atomic E-state index is 0.518. The van der Waals surface area contributed by atoms with Crippen molar-refractivity contribution in [2.75, 3.05) is 40.0 Å². The number of nitrogens with two attached hydrogens (primary N) is 1. The summed E-state index contributed by atoms with van der Waals surface area (Å²) in [6.45, 7) is 6.81. The lowest BCUT2D eigenvalue weighted by Gasteiger charge is -2.16. The van der Waals surface area contributed by atoms with Crippen molar-refractivity contribution in [2.45, 2.75) is 19.9 Å². The highest BCUT2D eigenvalue weighted by Gasteiger charge is 2.02. The van der Waals surface area contributed by atoms with Crippen LogP contribution in [0.3, 0.4) is 0 Å². The average molecular weight is 266 g/mol. The third-order valence-corrected chi connectivity index (χ3v) is 2.96. The maximum absolute atomic E-state index is 5.77. The number of hydrogen-bond donors (Lipinski definition) is 1. The number of rotatable bonds is 10. The van der Waals surface area contributed by atoms with E-state index in [1.807, 2.05) is 31.2 Å². The standard InChI is InChI=1S/C15H26N2O2/c1-3-18-12-10-17(2)9-6-11-19-15-8-5-4-7-14(15)13-16/h4-5,7-8H,3,6,9-13,16H2,1-2H3. The molecule has 0 radical (unpaired) electrons. The van der Waals surface area contributed by atoms with E-state index in [2.05, 4.69) is 11.9 Å². The fraction of sp³-hybridized carbons (Fsp3) is 0.600. The van der Waals surface area contributed by atoms with Crippen LogP contribution in [0, 0.1) is 0 Å². The van der Waals surface area contributed by atoms with Crippen LogP contribution in [0.5, 0.6) is 5.75 Å². The fourth-order valence-corrected chi connectivity index (χ4v) is 1.81. The lowest BCUT2D eigenvalue weighted by atomic mass is 10.2. The first-order valence-electron chi connectivity index (χ1n) is 6.95. The van der Waals surface area contributed by atoms with E-state index in [1.165, 1.54) is 0 Å². The summed E-state index contributed by atoms with van der Waals surface area (Å²) in [6.07, 6.45) is 1.00. The lowest BCUT2D eigenvalue weighted by Crippen LogP contribution is -2.25. The molecule has 0 amide bonds. The minimum Gasteiger partial charge on any atom is -0.493 e. The Morgan fingerprint density at radius 1 is 1.16 bits per heavy atom. The third kappa shape index (κ3) is 6.57. The van der Waals surface area contributed by atoms with Gasteiger partial charge in [-0.05, 0) is 26.5 Å². The van der Waals surface area contributed by atoms with E-state index >= 15 is 0 Å². The van der Waals surface area contributed by atoms with E-state index in [0.29, 0.717) is 6.54 Å². The van der Waals surface area contributed by atoms with Gasteiger partial charge < -0.3 is 20.1 Å². The molecule has 19 heavy (non-hydrogen) atoms. The molecule has 0 atom stereocenters. The molecular weight excluding hydrogens is 240 g/mol. The number of nitrogens with zero attached hydrogens (tertiary/aromatic N) is 1. The van der Waals surface area contributed by atoms with Gasteiger partial charge in [0.1, 0.15) is 5.75 Å². The van der Waals surface area contributed by atoms with Crippen LogP contribution in [-0.2, 0) is 11.3 Å². The van der Waals surface area contributed by atoms with Gasteiger partial charge in [-0.3, -0.25) is 0 Å². The lowest BCUT2D eigenvalue weighted by molar-refractivity contribution is 0.120. The van der Waals surface area contributed by atoms with Crippen molar-refractivity contribution in [2.24, 2.45) is 5.73 Å². The summed E-state index contributed by atoms with van der Waals surface area (Å²) in [4.78, 5) is 2.26. The van der Waals surface area contributed by atoms with Crippen LogP contribution < -0.4 is 10.5 Å². The van der Waals surface area contributed by atoms with Gasteiger partial charge in [-0.1, -0.05) is 18.2 Å². The summed E-state index contributed by atoms with van der Waals surface area (Å²) in [5, 5.41) is 0. The number of para-hydroxylation sites is 1. The van der Waals surface area contributed by atoms with Crippen molar-refractivity contribution < 1.29 is 9.47 Å². The van der Waals surface area contributed by atoms with Gasteiger partial charge >= 0.3 is 0 Å². The Labute approximate surface area is 116 Å². The molecule has 0 aliphatic heterocycles. The predicted molar refractivity (Wildman–Crippen MR) is 78.4 cm³/mol. The monoisotopic (exact) mass is 266 g/mol. The van der Waals surface area contributed by atoms with Crippen molar-refractivity contribution in [1.82, 2.24) is 4.90 Å². The van der Waals surface area contributed by atoms with E-state index in [4.69, 9.17) is 15.2 Å². The average Bonchev–Trinajstić information content (AvgIpc) is 2.44. The highest BCUT2D eigenvalue weighted by molar-refractivity contribution is 5.32. The van der Waals surface area contributed by atoms with Gasteiger partial charge in [0, 0.05) is 31.8 Å². The molecular formula is C15H26N2O2. The van der Waals surface area contributed by atoms with Crippen molar-refractivity contribution in [3.63, 3.8) is 0 Å². The summed E-state index contributed by atoms with van der Waals surface area (Å²) in [6, 6.07) is 7.93. The Kier molecular flexibility index (Phi) is 8.21. The Bertz CT molecular complexity index is 345. The molecule has 1 aromatic carbocycles. The quantitative estimate of drug-likeness (QED) is 0.657. The molecule has 0 unspecified atom stereocenters. The Balaban J connectivity index is 2.16. The molecule has 4 heteroatoms. The van der Waals surface area contributed by atoms with Crippen LogP contribution in [0.1, 0.15) is 18.9 Å². The molecule has 108 valence electrons. The Hall–Kier alpha value is -1.10. The number of likely N-dealkylation sites (N-methyl/N-ethyl adjacent to an activating group) is 1. The van der Waals surface area contributed by atoms with Crippen LogP contribution in [-0.4, -0.2) is 44.9 Å². The van der Waals surface area contributed by atoms with Crippen LogP contribution >= 0.6 is 0 Å². The van der Waals surface area contributed by atoms with Gasteiger partial charge in [-0.25, -0.2) is 0 Å². The molecule has 0 heterocycles. The summed E-state index contributed by atoms with van der Waals surface area (Å²) < 4.78 is 11.1. The number of hydrogen-bond acceptors (Lipinski definition) is 4. The molecule has 0 saturated carbocycles. The number of benzene rings is 1. The van der Waals surface area contributed by atoms with E-state index in [-0.39, 0.29) is 0 Å². The topological polar surface area (TPSA) is 47.7 Å². The first-order valence-corrected chi connectivity index (χ1v) is 6.95. The van der Waals surface area contributed by atoms with E-state index in [9.17, 15) is 0 Å². The predicted octanol–water partition coefficient (Wildman–Crippen LogP) is 1.88. The first kappa shape index (κ1) is 16.0. The maximum Gasteiger partial charge on any atom is 0.123 e. The van der Waals surface area contributed by atoms with Crippen molar-refractivity contribution in [1.29, 1.82) is 0 Å². The van der Waals surface area contributed by atoms with Crippen molar-refractivity contribution >= 4 is 0 Å². The smallest absolute Gasteiger partial charge is 0.123 e. The molecule has 0 spiro atoms. The summed E-state index contributed by atoms with van der Waals surface area (Å²) in [5.41, 5.74) is 6.73. The zero-order valence-electron chi connectivity index (χ0n) is 12.1. The normalized spacial score (nSPS) is 10.9. The second kappa shape index (κ2) is 9.78. The largest absolute Gasteiger partial charge is 0.493 e. The molecule has 0 fully saturated rings. The van der Waals surface area contributed by atoms with Crippen LogP contribution in [0.15, 0.2) is 24.3 Å². The third-order valence-electron chi connectivity index (χ3n) is 2.96. The highest BCUT2D eigenvalue weighted by atomic mass is 16.5. The van der Waals surface area contributed by atoms with E-state index in [1.54, 1.807) is 0 Å². The summed E-state index contributed by atoms with van der Waals surface area (Å²) in [7, 11) is 2.10. The van der Waals surface area contributed by atoms with Gasteiger partial charge in [0.25, 0.3) is 0 Å². The molecule has 0 aliphatic carbocycles. The van der Waals surface area contributed by atoms with Crippen LogP contribution in [0.2, 0.25) is 0 Å². The van der Waals surface area contributed by atoms with Crippen molar-refractivity contribution in [3.05, 3.63) is 29.8 Å². The molecule has 2 N–H and O–H groups in total. The zero-order valence-corrected chi connectivity index (χ0v) is 12.1. The molecule has 4 nitrogen and oxygen atoms in total. The maximum atomic E-state index is 5.77. The van der Waals surface area contributed by atoms with Gasteiger partial charge in [0.2, 0.25) is 0 Å². The molecule has 0 aromatic heterocycles. The van der Waals surface area contributed by atoms with Crippen LogP contribution in [0.25, 0.3) is 0 Å². The fourth-order valence-electron chi connectivity index (χ4n) is 1.81. The second-order valence-corrected chi connectivity index (χ2v) is 4.51. The minimum absolute atomic E-state index is 0.518. The summed E-state index contributed by atoms with van der Waals surface area (Å²) >= 11 is 0. The van der Waals surface area contributed by atoms with E-state index < -0.39 is 0 Å². The van der Waals surface area contributed by atoms with Gasteiger partial charge in [-0.15, -0.1) is 0 Å². The Morgan fingerprint density at radius 2 is 1.95 bits per heavy atom. The number of ether oxygens (including phenoxy) is 2. The molecule has 0 aliphatic rings. The van der Waals surface area contributed by atoms with Gasteiger partial charge in [0.05, 0.1) is 13.2 Å². The molecule has 1 aromatic rings. The van der Waals surface area contributed by atoms with Gasteiger partial charge in [-0.2, -0.15) is 0 Å². The SMILES string of the molecule is CCOCCN(C)CCCOc1ccccc1CN. The van der Waals surface area contributed by atoms with Crippen LogP contribution in [0.4, 0.5) is 0 Å². The molecule has 1 rings (SSSR count). The molecule has 0 bridgehead atoms. The first-order chi connectivity index (χ1) is 9.27. The summed E-state index contributed by atoms with van der Waals surface area (Å²) in [5.74, 6) is 0.905. The molecule has 0 saturated heterocycles. The zero-order chi connectivity index (χ0) is 13.9. The van der Waals surface area contributed by atoms with E-state index in [0.717, 1.165) is 50.6 Å². The van der Waals surface area contributed by atoms with Crippen molar-refractivity contribution in [3.8, 4) is 5.75 Å².